The third kappa shape index (κ3) is 2.14. The number of primary amides is 1. The van der Waals surface area contributed by atoms with Crippen molar-refractivity contribution in [3.8, 4) is 11.1 Å². The number of carbonyl (C=O) groups is 1. The van der Waals surface area contributed by atoms with Gasteiger partial charge in [0.25, 0.3) is 0 Å². The van der Waals surface area contributed by atoms with Crippen LogP contribution in [0.5, 0.6) is 0 Å². The van der Waals surface area contributed by atoms with E-state index in [-0.39, 0.29) is 5.91 Å². The third-order valence-electron chi connectivity index (χ3n) is 3.26. The summed E-state index contributed by atoms with van der Waals surface area (Å²) in [6.45, 7) is 3.66. The Labute approximate surface area is 106 Å². The molecule has 0 unspecified atom stereocenters. The van der Waals surface area contributed by atoms with Gasteiger partial charge in [-0.15, -0.1) is 0 Å². The van der Waals surface area contributed by atoms with Gasteiger partial charge in [-0.05, 0) is 25.0 Å². The number of aryl methyl sites for hydroxylation is 1. The molecule has 2 N–H and O–H groups in total. The molecule has 1 amide bonds. The molecule has 0 spiro atoms. The van der Waals surface area contributed by atoms with Crippen molar-refractivity contribution >= 4 is 5.91 Å². The summed E-state index contributed by atoms with van der Waals surface area (Å²) >= 11 is 0. The highest BCUT2D eigenvalue weighted by molar-refractivity contribution is 5.85. The topological polar surface area (TPSA) is 60.9 Å². The van der Waals surface area contributed by atoms with Gasteiger partial charge in [0.05, 0.1) is 11.6 Å². The van der Waals surface area contributed by atoms with E-state index in [4.69, 9.17) is 5.73 Å². The van der Waals surface area contributed by atoms with Gasteiger partial charge in [0.2, 0.25) is 5.91 Å². The fourth-order valence-electron chi connectivity index (χ4n) is 1.79. The molecule has 0 atom stereocenters. The molecule has 0 saturated carbocycles. The Bertz CT molecular complexity index is 567. The van der Waals surface area contributed by atoms with E-state index in [9.17, 15) is 4.79 Å². The van der Waals surface area contributed by atoms with E-state index < -0.39 is 5.41 Å². The molecule has 4 heteroatoms. The summed E-state index contributed by atoms with van der Waals surface area (Å²) in [7, 11) is 1.88. The SMILES string of the molecule is Cn1cc(-c2ccc(C(C)(C)C(N)=O)cc2)cn1. The van der Waals surface area contributed by atoms with Gasteiger partial charge in [-0.3, -0.25) is 9.48 Å². The van der Waals surface area contributed by atoms with E-state index in [2.05, 4.69) is 5.10 Å². The lowest BCUT2D eigenvalue weighted by Gasteiger charge is -2.21. The molecule has 4 nitrogen and oxygen atoms in total. The van der Waals surface area contributed by atoms with Crippen molar-refractivity contribution in [3.05, 3.63) is 42.2 Å². The largest absolute Gasteiger partial charge is 0.369 e. The third-order valence-corrected chi connectivity index (χ3v) is 3.26. The van der Waals surface area contributed by atoms with Gasteiger partial charge in [0, 0.05) is 18.8 Å². The lowest BCUT2D eigenvalue weighted by Crippen LogP contribution is -2.35. The molecule has 0 fully saturated rings. The van der Waals surface area contributed by atoms with Crippen LogP contribution in [0.15, 0.2) is 36.7 Å². The second-order valence-corrected chi connectivity index (χ2v) is 4.97. The first-order chi connectivity index (χ1) is 8.41. The van der Waals surface area contributed by atoms with Crippen LogP contribution in [0.25, 0.3) is 11.1 Å². The summed E-state index contributed by atoms with van der Waals surface area (Å²) in [6, 6.07) is 7.84. The number of benzene rings is 1. The maximum atomic E-state index is 11.4. The Balaban J connectivity index is 2.34. The molecule has 0 aliphatic rings. The Morgan fingerprint density at radius 3 is 2.28 bits per heavy atom. The molecule has 94 valence electrons. The summed E-state index contributed by atoms with van der Waals surface area (Å²) in [4.78, 5) is 11.4. The smallest absolute Gasteiger partial charge is 0.227 e. The van der Waals surface area contributed by atoms with Gasteiger partial charge >= 0.3 is 0 Å². The molecule has 0 saturated heterocycles. The van der Waals surface area contributed by atoms with Gasteiger partial charge in [0.15, 0.2) is 0 Å². The maximum Gasteiger partial charge on any atom is 0.227 e. The lowest BCUT2D eigenvalue weighted by atomic mass is 9.83. The minimum absolute atomic E-state index is 0.323. The molecule has 1 heterocycles. The zero-order chi connectivity index (χ0) is 13.3. The minimum Gasteiger partial charge on any atom is -0.369 e. The van der Waals surface area contributed by atoms with Crippen LogP contribution in [0.2, 0.25) is 0 Å². The number of nitrogens with zero attached hydrogens (tertiary/aromatic N) is 2. The zero-order valence-corrected chi connectivity index (χ0v) is 10.8. The van der Waals surface area contributed by atoms with E-state index in [1.165, 1.54) is 0 Å². The van der Waals surface area contributed by atoms with E-state index in [1.807, 2.05) is 57.6 Å². The van der Waals surface area contributed by atoms with Crippen molar-refractivity contribution < 1.29 is 4.79 Å². The van der Waals surface area contributed by atoms with Gasteiger partial charge in [0.1, 0.15) is 0 Å². The molecular weight excluding hydrogens is 226 g/mol. The number of carbonyl (C=O) groups excluding carboxylic acids is 1. The normalized spacial score (nSPS) is 11.5. The van der Waals surface area contributed by atoms with Crippen molar-refractivity contribution in [2.45, 2.75) is 19.3 Å². The monoisotopic (exact) mass is 243 g/mol. The average molecular weight is 243 g/mol. The molecule has 1 aromatic carbocycles. The number of amides is 1. The van der Waals surface area contributed by atoms with Gasteiger partial charge in [-0.25, -0.2) is 0 Å². The highest BCUT2D eigenvalue weighted by atomic mass is 16.1. The van der Waals surface area contributed by atoms with Crippen molar-refractivity contribution in [3.63, 3.8) is 0 Å². The molecular formula is C14H17N3O. The predicted molar refractivity (Wildman–Crippen MR) is 70.9 cm³/mol. The molecule has 2 rings (SSSR count). The Hall–Kier alpha value is -2.10. The Morgan fingerprint density at radius 2 is 1.83 bits per heavy atom. The van der Waals surface area contributed by atoms with Gasteiger partial charge in [-0.2, -0.15) is 5.10 Å². The first-order valence-corrected chi connectivity index (χ1v) is 5.81. The maximum absolute atomic E-state index is 11.4. The average Bonchev–Trinajstić information content (AvgIpc) is 2.76. The summed E-state index contributed by atoms with van der Waals surface area (Å²) in [5, 5.41) is 4.13. The number of hydrogen-bond donors (Lipinski definition) is 1. The van der Waals surface area contributed by atoms with Crippen LogP contribution in [0.1, 0.15) is 19.4 Å². The quantitative estimate of drug-likeness (QED) is 0.894. The fraction of sp³-hybridized carbons (Fsp3) is 0.286. The summed E-state index contributed by atoms with van der Waals surface area (Å²) < 4.78 is 1.76. The van der Waals surface area contributed by atoms with Crippen LogP contribution in [-0.2, 0) is 17.3 Å². The van der Waals surface area contributed by atoms with Gasteiger partial charge in [-0.1, -0.05) is 24.3 Å². The first-order valence-electron chi connectivity index (χ1n) is 5.81. The molecule has 18 heavy (non-hydrogen) atoms. The molecule has 0 radical (unpaired) electrons. The molecule has 0 aliphatic heterocycles. The first kappa shape index (κ1) is 12.4. The number of rotatable bonds is 3. The van der Waals surface area contributed by atoms with Gasteiger partial charge < -0.3 is 5.73 Å². The van der Waals surface area contributed by atoms with E-state index >= 15 is 0 Å². The highest BCUT2D eigenvalue weighted by Crippen LogP contribution is 2.26. The van der Waals surface area contributed by atoms with Crippen molar-refractivity contribution in [2.24, 2.45) is 12.8 Å². The second-order valence-electron chi connectivity index (χ2n) is 4.97. The van der Waals surface area contributed by atoms with E-state index in [1.54, 1.807) is 4.68 Å². The number of nitrogens with two attached hydrogens (primary N) is 1. The van der Waals surface area contributed by atoms with Crippen LogP contribution in [0, 0.1) is 0 Å². The summed E-state index contributed by atoms with van der Waals surface area (Å²) in [5.41, 5.74) is 7.81. The predicted octanol–water partition coefficient (Wildman–Crippen LogP) is 1.85. The minimum atomic E-state index is -0.645. The lowest BCUT2D eigenvalue weighted by molar-refractivity contribution is -0.122. The zero-order valence-electron chi connectivity index (χ0n) is 10.8. The standard InChI is InChI=1S/C14H17N3O/c1-14(2,13(15)18)12-6-4-10(5-7-12)11-8-16-17(3)9-11/h4-9H,1-3H3,(H2,15,18). The van der Waals surface area contributed by atoms with Crippen molar-refractivity contribution in [2.75, 3.05) is 0 Å². The Morgan fingerprint density at radius 1 is 1.22 bits per heavy atom. The molecule has 2 aromatic rings. The van der Waals surface area contributed by atoms with E-state index in [0.717, 1.165) is 16.7 Å². The fourth-order valence-corrected chi connectivity index (χ4v) is 1.79. The highest BCUT2D eigenvalue weighted by Gasteiger charge is 2.26. The van der Waals surface area contributed by atoms with Crippen LogP contribution < -0.4 is 5.73 Å². The van der Waals surface area contributed by atoms with Crippen molar-refractivity contribution in [1.82, 2.24) is 9.78 Å². The van der Waals surface area contributed by atoms with Crippen LogP contribution in [0.4, 0.5) is 0 Å². The molecule has 0 bridgehead atoms. The second kappa shape index (κ2) is 4.29. The Kier molecular flexibility index (Phi) is 2.95. The van der Waals surface area contributed by atoms with Crippen LogP contribution >= 0.6 is 0 Å². The molecule has 0 aliphatic carbocycles. The van der Waals surface area contributed by atoms with Crippen LogP contribution in [-0.4, -0.2) is 15.7 Å². The van der Waals surface area contributed by atoms with Crippen molar-refractivity contribution in [1.29, 1.82) is 0 Å². The summed E-state index contributed by atoms with van der Waals surface area (Å²) in [6.07, 6.45) is 3.77. The number of aromatic nitrogens is 2. The van der Waals surface area contributed by atoms with Crippen LogP contribution in [0.3, 0.4) is 0 Å². The van der Waals surface area contributed by atoms with E-state index in [0.29, 0.717) is 0 Å². The summed E-state index contributed by atoms with van der Waals surface area (Å²) in [5.74, 6) is -0.323. The molecule has 1 aromatic heterocycles. The number of hydrogen-bond acceptors (Lipinski definition) is 2.